The van der Waals surface area contributed by atoms with E-state index in [0.717, 1.165) is 0 Å². The predicted octanol–water partition coefficient (Wildman–Crippen LogP) is 0.380. The van der Waals surface area contributed by atoms with E-state index in [1.807, 2.05) is 18.2 Å². The zero-order valence-electron chi connectivity index (χ0n) is 10.6. The Kier molecular flexibility index (Phi) is 4.21. The Labute approximate surface area is 113 Å². The molecule has 0 bridgehead atoms. The summed E-state index contributed by atoms with van der Waals surface area (Å²) in [6, 6.07) is 8.26. The summed E-state index contributed by atoms with van der Waals surface area (Å²) in [5, 5.41) is 2.18. The molecule has 0 radical (unpaired) electrons. The summed E-state index contributed by atoms with van der Waals surface area (Å²) in [6.45, 7) is 0.154. The lowest BCUT2D eigenvalue weighted by Gasteiger charge is -2.15. The van der Waals surface area contributed by atoms with E-state index >= 15 is 0 Å². The van der Waals surface area contributed by atoms with Crippen LogP contribution in [0.4, 0.5) is 0 Å². The van der Waals surface area contributed by atoms with Crippen molar-refractivity contribution in [3.63, 3.8) is 0 Å². The molecule has 1 aliphatic heterocycles. The molecule has 5 nitrogen and oxygen atoms in total. The average Bonchev–Trinajstić information content (AvgIpc) is 2.75. The minimum absolute atomic E-state index is 0.154. The molecule has 19 heavy (non-hydrogen) atoms. The first-order valence-corrected chi connectivity index (χ1v) is 8.02. The van der Waals surface area contributed by atoms with Crippen LogP contribution in [0.3, 0.4) is 0 Å². The van der Waals surface area contributed by atoms with Crippen LogP contribution in [0.2, 0.25) is 0 Å². The van der Waals surface area contributed by atoms with Gasteiger partial charge in [0, 0.05) is 6.54 Å². The first-order chi connectivity index (χ1) is 9.00. The Hall–Kier alpha value is -1.40. The third kappa shape index (κ3) is 3.33. The normalized spacial score (nSPS) is 22.9. The number of sulfone groups is 1. The number of rotatable bonds is 4. The minimum atomic E-state index is -3.03. The Morgan fingerprint density at radius 1 is 1.37 bits per heavy atom. The van der Waals surface area contributed by atoms with E-state index in [0.29, 0.717) is 18.4 Å². The molecule has 1 saturated heterocycles. The Balaban J connectivity index is 1.92. The molecule has 1 amide bonds. The van der Waals surface area contributed by atoms with Crippen molar-refractivity contribution in [2.45, 2.75) is 24.1 Å². The highest BCUT2D eigenvalue weighted by molar-refractivity contribution is 7.92. The second kappa shape index (κ2) is 5.71. The van der Waals surface area contributed by atoms with Crippen LogP contribution in [0.15, 0.2) is 30.3 Å². The molecule has 104 valence electrons. The molecule has 1 unspecified atom stereocenters. The van der Waals surface area contributed by atoms with Crippen LogP contribution in [0, 0.1) is 0 Å². The monoisotopic (exact) mass is 282 g/mol. The predicted molar refractivity (Wildman–Crippen MR) is 73.2 cm³/mol. The molecule has 1 aromatic rings. The van der Waals surface area contributed by atoms with Crippen LogP contribution < -0.4 is 11.1 Å². The van der Waals surface area contributed by atoms with Crippen molar-refractivity contribution in [2.75, 3.05) is 12.3 Å². The van der Waals surface area contributed by atoms with E-state index in [2.05, 4.69) is 5.32 Å². The van der Waals surface area contributed by atoms with Crippen molar-refractivity contribution in [3.05, 3.63) is 35.9 Å². The Morgan fingerprint density at radius 3 is 2.63 bits per heavy atom. The fraction of sp³-hybridized carbons (Fsp3) is 0.462. The number of hydrogen-bond donors (Lipinski definition) is 2. The second-order valence-corrected chi connectivity index (χ2v) is 7.17. The SMILES string of the molecule is N[C@H](C(=O)NCC1CCCS1(=O)=O)c1ccccc1. The van der Waals surface area contributed by atoms with E-state index in [1.54, 1.807) is 12.1 Å². The van der Waals surface area contributed by atoms with Gasteiger partial charge in [0.25, 0.3) is 0 Å². The zero-order valence-corrected chi connectivity index (χ0v) is 11.4. The number of benzene rings is 1. The number of nitrogens with two attached hydrogens (primary N) is 1. The summed E-state index contributed by atoms with van der Waals surface area (Å²) in [4.78, 5) is 11.9. The van der Waals surface area contributed by atoms with Gasteiger partial charge in [-0.2, -0.15) is 0 Å². The molecule has 1 heterocycles. The molecular weight excluding hydrogens is 264 g/mol. The molecule has 3 N–H and O–H groups in total. The summed E-state index contributed by atoms with van der Waals surface area (Å²) in [5.41, 5.74) is 6.55. The smallest absolute Gasteiger partial charge is 0.241 e. The number of carbonyl (C=O) groups is 1. The van der Waals surface area contributed by atoms with E-state index < -0.39 is 21.1 Å². The van der Waals surface area contributed by atoms with Gasteiger partial charge in [-0.15, -0.1) is 0 Å². The van der Waals surface area contributed by atoms with Gasteiger partial charge in [-0.05, 0) is 18.4 Å². The third-order valence-electron chi connectivity index (χ3n) is 3.41. The van der Waals surface area contributed by atoms with Crippen molar-refractivity contribution < 1.29 is 13.2 Å². The lowest BCUT2D eigenvalue weighted by molar-refractivity contribution is -0.122. The largest absolute Gasteiger partial charge is 0.353 e. The summed E-state index contributed by atoms with van der Waals surface area (Å²) in [5.74, 6) is -0.119. The summed E-state index contributed by atoms with van der Waals surface area (Å²) in [6.07, 6.45) is 1.29. The number of nitrogens with one attached hydrogen (secondary N) is 1. The molecule has 1 fully saturated rings. The Bertz CT molecular complexity index is 542. The van der Waals surface area contributed by atoms with Gasteiger partial charge in [0.05, 0.1) is 11.0 Å². The van der Waals surface area contributed by atoms with Crippen LogP contribution in [-0.4, -0.2) is 31.9 Å². The van der Waals surface area contributed by atoms with Crippen LogP contribution in [-0.2, 0) is 14.6 Å². The van der Waals surface area contributed by atoms with Gasteiger partial charge in [0.1, 0.15) is 6.04 Å². The lowest BCUT2D eigenvalue weighted by Crippen LogP contribution is -2.39. The van der Waals surface area contributed by atoms with E-state index in [1.165, 1.54) is 0 Å². The maximum absolute atomic E-state index is 11.9. The highest BCUT2D eigenvalue weighted by Crippen LogP contribution is 2.19. The number of amides is 1. The molecule has 2 atom stereocenters. The number of carbonyl (C=O) groups excluding carboxylic acids is 1. The van der Waals surface area contributed by atoms with Crippen LogP contribution in [0.1, 0.15) is 24.4 Å². The fourth-order valence-electron chi connectivity index (χ4n) is 2.22. The zero-order chi connectivity index (χ0) is 13.9. The molecule has 0 aliphatic carbocycles. The van der Waals surface area contributed by atoms with Crippen LogP contribution >= 0.6 is 0 Å². The highest BCUT2D eigenvalue weighted by atomic mass is 32.2. The topological polar surface area (TPSA) is 89.3 Å². The third-order valence-corrected chi connectivity index (χ3v) is 5.68. The maximum Gasteiger partial charge on any atom is 0.241 e. The van der Waals surface area contributed by atoms with Crippen LogP contribution in [0.25, 0.3) is 0 Å². The highest BCUT2D eigenvalue weighted by Gasteiger charge is 2.31. The quantitative estimate of drug-likeness (QED) is 0.835. The van der Waals surface area contributed by atoms with Crippen molar-refractivity contribution in [1.82, 2.24) is 5.32 Å². The van der Waals surface area contributed by atoms with Gasteiger partial charge in [-0.25, -0.2) is 8.42 Å². The van der Waals surface area contributed by atoms with Gasteiger partial charge in [0.2, 0.25) is 5.91 Å². The van der Waals surface area contributed by atoms with E-state index in [4.69, 9.17) is 5.73 Å². The van der Waals surface area contributed by atoms with Gasteiger partial charge in [-0.1, -0.05) is 30.3 Å². The minimum Gasteiger partial charge on any atom is -0.353 e. The van der Waals surface area contributed by atoms with E-state index in [9.17, 15) is 13.2 Å². The van der Waals surface area contributed by atoms with Gasteiger partial charge in [-0.3, -0.25) is 4.79 Å². The van der Waals surface area contributed by atoms with Gasteiger partial charge >= 0.3 is 0 Å². The fourth-order valence-corrected chi connectivity index (χ4v) is 3.99. The van der Waals surface area contributed by atoms with Crippen molar-refractivity contribution >= 4 is 15.7 Å². The summed E-state index contributed by atoms with van der Waals surface area (Å²) in [7, 11) is -3.03. The van der Waals surface area contributed by atoms with Crippen molar-refractivity contribution in [1.29, 1.82) is 0 Å². The molecule has 0 spiro atoms. The molecule has 2 rings (SSSR count). The lowest BCUT2D eigenvalue weighted by atomic mass is 10.1. The second-order valence-electron chi connectivity index (χ2n) is 4.76. The van der Waals surface area contributed by atoms with Gasteiger partial charge in [0.15, 0.2) is 9.84 Å². The van der Waals surface area contributed by atoms with Crippen molar-refractivity contribution in [2.24, 2.45) is 5.73 Å². The molecule has 1 aromatic carbocycles. The van der Waals surface area contributed by atoms with Crippen LogP contribution in [0.5, 0.6) is 0 Å². The maximum atomic E-state index is 11.9. The molecule has 0 saturated carbocycles. The van der Waals surface area contributed by atoms with E-state index in [-0.39, 0.29) is 18.2 Å². The first-order valence-electron chi connectivity index (χ1n) is 6.30. The van der Waals surface area contributed by atoms with Gasteiger partial charge < -0.3 is 11.1 Å². The summed E-state index contributed by atoms with van der Waals surface area (Å²) < 4.78 is 23.3. The molecular formula is C13H18N2O3S. The number of hydrogen-bond acceptors (Lipinski definition) is 4. The van der Waals surface area contributed by atoms with Crippen molar-refractivity contribution in [3.8, 4) is 0 Å². The summed E-state index contributed by atoms with van der Waals surface area (Å²) >= 11 is 0. The molecule has 0 aromatic heterocycles. The standard InChI is InChI=1S/C13H18N2O3S/c14-12(10-5-2-1-3-6-10)13(16)15-9-11-7-4-8-19(11,17)18/h1-3,5-6,11-12H,4,7-9,14H2,(H,15,16)/t11?,12-/m0/s1. The first kappa shape index (κ1) is 14.0. The molecule has 6 heteroatoms. The molecule has 1 aliphatic rings. The Morgan fingerprint density at radius 2 is 2.05 bits per heavy atom. The average molecular weight is 282 g/mol.